The van der Waals surface area contributed by atoms with Crippen LogP contribution in [0.4, 0.5) is 0 Å². The first-order valence-corrected chi connectivity index (χ1v) is 9.18. The monoisotopic (exact) mass is 368 g/mol. The Kier molecular flexibility index (Phi) is 9.64. The van der Waals surface area contributed by atoms with E-state index in [9.17, 15) is 14.4 Å². The van der Waals surface area contributed by atoms with Crippen molar-refractivity contribution in [1.29, 1.82) is 0 Å². The minimum Gasteiger partial charge on any atom is -0.370 e. The van der Waals surface area contributed by atoms with Crippen LogP contribution in [0.15, 0.2) is 4.99 Å². The molecule has 9 nitrogen and oxygen atoms in total. The van der Waals surface area contributed by atoms with Crippen molar-refractivity contribution >= 4 is 24.1 Å². The Morgan fingerprint density at radius 2 is 2.04 bits per heavy atom. The molecule has 0 aromatic carbocycles. The zero-order chi connectivity index (χ0) is 19.5. The van der Waals surface area contributed by atoms with Gasteiger partial charge in [0.05, 0.1) is 12.1 Å². The average molecular weight is 368 g/mol. The summed E-state index contributed by atoms with van der Waals surface area (Å²) in [4.78, 5) is 40.0. The molecule has 26 heavy (non-hydrogen) atoms. The van der Waals surface area contributed by atoms with E-state index < -0.39 is 12.1 Å². The lowest BCUT2D eigenvalue weighted by Gasteiger charge is -2.23. The highest BCUT2D eigenvalue weighted by atomic mass is 16.2. The highest BCUT2D eigenvalue weighted by molar-refractivity contribution is 5.91. The summed E-state index contributed by atoms with van der Waals surface area (Å²) in [6, 6.07) is -1.54. The summed E-state index contributed by atoms with van der Waals surface area (Å²) in [6.07, 6.45) is 3.91. The minimum atomic E-state index is -0.662. The van der Waals surface area contributed by atoms with Crippen LogP contribution >= 0.6 is 0 Å². The SMILES string of the molecule is CC(C)C[C@H](NC(=O)[C@@H]1CCCN1)C(=O)N[C@H](C=O)CCCN=C(N)N. The smallest absolute Gasteiger partial charge is 0.243 e. The highest BCUT2D eigenvalue weighted by Gasteiger charge is 2.28. The fraction of sp³-hybridized carbons (Fsp3) is 0.765. The van der Waals surface area contributed by atoms with Crippen molar-refractivity contribution in [2.45, 2.75) is 64.1 Å². The molecule has 0 aromatic heterocycles. The molecule has 0 aromatic rings. The van der Waals surface area contributed by atoms with Crippen LogP contribution in [0.2, 0.25) is 0 Å². The van der Waals surface area contributed by atoms with Crippen LogP contribution in [0, 0.1) is 5.92 Å². The zero-order valence-corrected chi connectivity index (χ0v) is 15.7. The van der Waals surface area contributed by atoms with Crippen LogP contribution < -0.4 is 27.4 Å². The van der Waals surface area contributed by atoms with Gasteiger partial charge < -0.3 is 32.2 Å². The summed E-state index contributed by atoms with van der Waals surface area (Å²) in [7, 11) is 0. The normalized spacial score (nSPS) is 18.8. The number of rotatable bonds is 11. The molecule has 0 bridgehead atoms. The number of hydrogen-bond acceptors (Lipinski definition) is 5. The number of hydrogen-bond donors (Lipinski definition) is 5. The van der Waals surface area contributed by atoms with Gasteiger partial charge in [0.25, 0.3) is 0 Å². The second-order valence-corrected chi connectivity index (χ2v) is 7.04. The van der Waals surface area contributed by atoms with Gasteiger partial charge in [0.1, 0.15) is 12.3 Å². The van der Waals surface area contributed by atoms with Gasteiger partial charge in [0.15, 0.2) is 5.96 Å². The Morgan fingerprint density at radius 3 is 2.58 bits per heavy atom. The van der Waals surface area contributed by atoms with E-state index in [1.807, 2.05) is 13.8 Å². The molecule has 1 aliphatic rings. The number of aldehydes is 1. The lowest BCUT2D eigenvalue weighted by atomic mass is 10.0. The second-order valence-electron chi connectivity index (χ2n) is 7.04. The van der Waals surface area contributed by atoms with E-state index in [1.165, 1.54) is 0 Å². The molecule has 9 heteroatoms. The quantitative estimate of drug-likeness (QED) is 0.137. The van der Waals surface area contributed by atoms with Crippen LogP contribution in [0.1, 0.15) is 46.0 Å². The molecule has 7 N–H and O–H groups in total. The van der Waals surface area contributed by atoms with Crippen LogP contribution in [-0.4, -0.2) is 55.3 Å². The summed E-state index contributed by atoms with van der Waals surface area (Å²) in [5, 5.41) is 8.64. The average Bonchev–Trinajstić information content (AvgIpc) is 3.10. The standard InChI is InChI=1S/C17H32N6O3/c1-11(2)9-14(23-15(25)13-6-4-7-20-13)16(26)22-12(10-24)5-3-8-21-17(18)19/h10-14,20H,3-9H2,1-2H3,(H,22,26)(H,23,25)(H4,18,19,21)/t12-,13-,14-/m0/s1. The molecule has 0 radical (unpaired) electrons. The molecule has 148 valence electrons. The molecule has 2 amide bonds. The summed E-state index contributed by atoms with van der Waals surface area (Å²) in [5.41, 5.74) is 10.5. The van der Waals surface area contributed by atoms with Crippen molar-refractivity contribution in [2.75, 3.05) is 13.1 Å². The van der Waals surface area contributed by atoms with Crippen molar-refractivity contribution in [3.8, 4) is 0 Å². The van der Waals surface area contributed by atoms with Crippen LogP contribution in [-0.2, 0) is 14.4 Å². The molecule has 0 spiro atoms. The van der Waals surface area contributed by atoms with Crippen molar-refractivity contribution in [3.63, 3.8) is 0 Å². The molecular formula is C17H32N6O3. The maximum atomic E-state index is 12.6. The van der Waals surface area contributed by atoms with Gasteiger partial charge in [-0.2, -0.15) is 0 Å². The maximum absolute atomic E-state index is 12.6. The van der Waals surface area contributed by atoms with Crippen LogP contribution in [0.25, 0.3) is 0 Å². The first-order valence-electron chi connectivity index (χ1n) is 9.18. The molecule has 0 unspecified atom stereocenters. The summed E-state index contributed by atoms with van der Waals surface area (Å²) in [5.74, 6) is -0.293. The van der Waals surface area contributed by atoms with Crippen LogP contribution in [0.3, 0.4) is 0 Å². The molecule has 0 aliphatic carbocycles. The molecule has 1 fully saturated rings. The number of carbonyl (C=O) groups is 3. The van der Waals surface area contributed by atoms with Crippen molar-refractivity contribution in [3.05, 3.63) is 0 Å². The number of nitrogens with two attached hydrogens (primary N) is 2. The molecule has 1 saturated heterocycles. The number of carbonyl (C=O) groups excluding carboxylic acids is 3. The van der Waals surface area contributed by atoms with E-state index in [1.54, 1.807) is 0 Å². The largest absolute Gasteiger partial charge is 0.370 e. The first-order chi connectivity index (χ1) is 12.3. The van der Waals surface area contributed by atoms with Crippen LogP contribution in [0.5, 0.6) is 0 Å². The Hall–Kier alpha value is -2.16. The topological polar surface area (TPSA) is 152 Å². The van der Waals surface area contributed by atoms with E-state index in [-0.39, 0.29) is 29.7 Å². The molecule has 1 aliphatic heterocycles. The molecule has 0 saturated carbocycles. The summed E-state index contributed by atoms with van der Waals surface area (Å²) < 4.78 is 0. The van der Waals surface area contributed by atoms with E-state index >= 15 is 0 Å². The Bertz CT molecular complexity index is 499. The first kappa shape index (κ1) is 21.9. The third kappa shape index (κ3) is 8.28. The van der Waals surface area contributed by atoms with Crippen molar-refractivity contribution < 1.29 is 14.4 Å². The fourth-order valence-corrected chi connectivity index (χ4v) is 2.86. The third-order valence-electron chi connectivity index (χ3n) is 4.18. The van der Waals surface area contributed by atoms with E-state index in [0.717, 1.165) is 19.4 Å². The van der Waals surface area contributed by atoms with Gasteiger partial charge in [-0.05, 0) is 44.6 Å². The highest BCUT2D eigenvalue weighted by Crippen LogP contribution is 2.09. The van der Waals surface area contributed by atoms with Gasteiger partial charge in [-0.15, -0.1) is 0 Å². The van der Waals surface area contributed by atoms with Crippen molar-refractivity contribution in [1.82, 2.24) is 16.0 Å². The number of aliphatic imine (C=N–C) groups is 1. The number of nitrogens with one attached hydrogen (secondary N) is 3. The van der Waals surface area contributed by atoms with Gasteiger partial charge in [-0.25, -0.2) is 0 Å². The van der Waals surface area contributed by atoms with Gasteiger partial charge in [0, 0.05) is 6.54 Å². The van der Waals surface area contributed by atoms with Crippen molar-refractivity contribution in [2.24, 2.45) is 22.4 Å². The zero-order valence-electron chi connectivity index (χ0n) is 15.7. The predicted octanol–water partition coefficient (Wildman–Crippen LogP) is -0.993. The third-order valence-corrected chi connectivity index (χ3v) is 4.18. The van der Waals surface area contributed by atoms with E-state index in [4.69, 9.17) is 11.5 Å². The number of amides is 2. The second kappa shape index (κ2) is 11.5. The molecular weight excluding hydrogens is 336 g/mol. The maximum Gasteiger partial charge on any atom is 0.243 e. The molecule has 3 atom stereocenters. The lowest BCUT2D eigenvalue weighted by Crippen LogP contribution is -2.53. The summed E-state index contributed by atoms with van der Waals surface area (Å²) in [6.45, 7) is 5.16. The Labute approximate surface area is 154 Å². The molecule has 1 heterocycles. The fourth-order valence-electron chi connectivity index (χ4n) is 2.86. The molecule has 1 rings (SSSR count). The number of guanidine groups is 1. The summed E-state index contributed by atoms with van der Waals surface area (Å²) >= 11 is 0. The van der Waals surface area contributed by atoms with E-state index in [2.05, 4.69) is 20.9 Å². The van der Waals surface area contributed by atoms with Gasteiger partial charge >= 0.3 is 0 Å². The number of nitrogens with zero attached hydrogens (tertiary/aromatic N) is 1. The van der Waals surface area contributed by atoms with Gasteiger partial charge in [-0.3, -0.25) is 14.6 Å². The Balaban J connectivity index is 2.57. The lowest BCUT2D eigenvalue weighted by molar-refractivity contribution is -0.131. The Morgan fingerprint density at radius 1 is 1.31 bits per heavy atom. The van der Waals surface area contributed by atoms with E-state index in [0.29, 0.717) is 32.1 Å². The minimum absolute atomic E-state index is 0.00285. The predicted molar refractivity (Wildman–Crippen MR) is 100 cm³/mol. The van der Waals surface area contributed by atoms with Gasteiger partial charge in [-0.1, -0.05) is 13.8 Å². The van der Waals surface area contributed by atoms with Gasteiger partial charge in [0.2, 0.25) is 11.8 Å².